The highest BCUT2D eigenvalue weighted by Gasteiger charge is 2.01. The monoisotopic (exact) mass is 295 g/mol. The topological polar surface area (TPSA) is 21.3 Å². The van der Waals surface area contributed by atoms with Crippen molar-refractivity contribution in [2.45, 2.75) is 13.2 Å². The smallest absolute Gasteiger partial charge is 0.121 e. The molecule has 100 valence electrons. The van der Waals surface area contributed by atoms with Crippen LogP contribution in [-0.4, -0.2) is 7.05 Å². The summed E-state index contributed by atoms with van der Waals surface area (Å²) in [5, 5.41) is 4.15. The zero-order chi connectivity index (χ0) is 13.7. The molecule has 1 N–H and O–H groups in total. The number of rotatable bonds is 5. The molecule has 0 aliphatic heterocycles. The normalized spacial score (nSPS) is 10.5. The molecule has 19 heavy (non-hydrogen) atoms. The second-order valence-electron chi connectivity index (χ2n) is 4.21. The zero-order valence-corrected chi connectivity index (χ0v) is 12.1. The Morgan fingerprint density at radius 3 is 2.26 bits per heavy atom. The summed E-state index contributed by atoms with van der Waals surface area (Å²) in [4.78, 5) is 0. The number of hydrogen-bond acceptors (Lipinski definition) is 2. The maximum absolute atomic E-state index is 5.93. The quantitative estimate of drug-likeness (QED) is 0.888. The molecular weight excluding hydrogens is 281 g/mol. The minimum atomic E-state index is 0.503. The van der Waals surface area contributed by atoms with Crippen molar-refractivity contribution in [2.75, 3.05) is 7.05 Å². The van der Waals surface area contributed by atoms with Gasteiger partial charge in [0.05, 0.1) is 10.0 Å². The predicted octanol–water partition coefficient (Wildman–Crippen LogP) is 4.29. The van der Waals surface area contributed by atoms with Gasteiger partial charge in [-0.3, -0.25) is 0 Å². The van der Waals surface area contributed by atoms with Crippen LogP contribution in [0.3, 0.4) is 0 Å². The number of nitrogens with one attached hydrogen (secondary N) is 1. The SMILES string of the molecule is CNCc1ccc(COc2ccc(Cl)c(Cl)c2)cc1. The lowest BCUT2D eigenvalue weighted by atomic mass is 10.1. The van der Waals surface area contributed by atoms with Crippen LogP contribution in [0.15, 0.2) is 42.5 Å². The van der Waals surface area contributed by atoms with Crippen molar-refractivity contribution in [3.8, 4) is 5.75 Å². The fourth-order valence-corrected chi connectivity index (χ4v) is 1.98. The fraction of sp³-hybridized carbons (Fsp3) is 0.200. The molecule has 2 aromatic rings. The van der Waals surface area contributed by atoms with E-state index >= 15 is 0 Å². The van der Waals surface area contributed by atoms with E-state index in [1.54, 1.807) is 12.1 Å². The van der Waals surface area contributed by atoms with E-state index in [1.807, 2.05) is 13.1 Å². The van der Waals surface area contributed by atoms with Gasteiger partial charge in [-0.15, -0.1) is 0 Å². The minimum Gasteiger partial charge on any atom is -0.489 e. The van der Waals surface area contributed by atoms with Crippen LogP contribution < -0.4 is 10.1 Å². The molecule has 4 heteroatoms. The van der Waals surface area contributed by atoms with Gasteiger partial charge in [-0.2, -0.15) is 0 Å². The zero-order valence-electron chi connectivity index (χ0n) is 10.6. The average Bonchev–Trinajstić information content (AvgIpc) is 2.42. The van der Waals surface area contributed by atoms with E-state index in [0.717, 1.165) is 12.1 Å². The Labute approximate surface area is 123 Å². The van der Waals surface area contributed by atoms with E-state index in [1.165, 1.54) is 5.56 Å². The summed E-state index contributed by atoms with van der Waals surface area (Å²) < 4.78 is 5.67. The Balaban J connectivity index is 1.96. The molecule has 2 rings (SSSR count). The Morgan fingerprint density at radius 1 is 0.947 bits per heavy atom. The summed E-state index contributed by atoms with van der Waals surface area (Å²) >= 11 is 11.8. The van der Waals surface area contributed by atoms with Crippen LogP contribution in [0, 0.1) is 0 Å². The molecule has 0 saturated heterocycles. The van der Waals surface area contributed by atoms with Gasteiger partial charge in [0.15, 0.2) is 0 Å². The predicted molar refractivity (Wildman–Crippen MR) is 80.0 cm³/mol. The Bertz CT molecular complexity index is 540. The Morgan fingerprint density at radius 2 is 1.63 bits per heavy atom. The molecule has 0 bridgehead atoms. The lowest BCUT2D eigenvalue weighted by molar-refractivity contribution is 0.306. The van der Waals surface area contributed by atoms with Crippen LogP contribution in [-0.2, 0) is 13.2 Å². The maximum atomic E-state index is 5.93. The van der Waals surface area contributed by atoms with Crippen molar-refractivity contribution < 1.29 is 4.74 Å². The molecule has 0 aliphatic carbocycles. The maximum Gasteiger partial charge on any atom is 0.121 e. The van der Waals surface area contributed by atoms with Crippen molar-refractivity contribution in [3.05, 3.63) is 63.6 Å². The summed E-state index contributed by atoms with van der Waals surface area (Å²) in [7, 11) is 1.93. The molecule has 0 heterocycles. The molecule has 0 radical (unpaired) electrons. The second-order valence-corrected chi connectivity index (χ2v) is 5.03. The molecular formula is C15H15Cl2NO. The summed E-state index contributed by atoms with van der Waals surface area (Å²) in [6.45, 7) is 1.38. The van der Waals surface area contributed by atoms with Crippen molar-refractivity contribution in [2.24, 2.45) is 0 Å². The highest BCUT2D eigenvalue weighted by molar-refractivity contribution is 6.42. The van der Waals surface area contributed by atoms with Crippen molar-refractivity contribution in [1.29, 1.82) is 0 Å². The third-order valence-corrected chi connectivity index (χ3v) is 3.44. The van der Waals surface area contributed by atoms with Gasteiger partial charge in [-0.1, -0.05) is 47.5 Å². The van der Waals surface area contributed by atoms with Gasteiger partial charge in [0, 0.05) is 12.6 Å². The average molecular weight is 296 g/mol. The van der Waals surface area contributed by atoms with Crippen molar-refractivity contribution in [3.63, 3.8) is 0 Å². The second kappa shape index (κ2) is 6.80. The lowest BCUT2D eigenvalue weighted by Gasteiger charge is -2.08. The Hall–Kier alpha value is -1.22. The summed E-state index contributed by atoms with van der Waals surface area (Å²) in [6.07, 6.45) is 0. The fourth-order valence-electron chi connectivity index (χ4n) is 1.69. The number of ether oxygens (including phenoxy) is 1. The molecule has 0 amide bonds. The first-order valence-electron chi connectivity index (χ1n) is 5.99. The summed E-state index contributed by atoms with van der Waals surface area (Å²) in [5.74, 6) is 0.716. The van der Waals surface area contributed by atoms with Crippen LogP contribution in [0.5, 0.6) is 5.75 Å². The highest BCUT2D eigenvalue weighted by Crippen LogP contribution is 2.26. The molecule has 0 fully saturated rings. The van der Waals surface area contributed by atoms with E-state index in [0.29, 0.717) is 22.4 Å². The highest BCUT2D eigenvalue weighted by atomic mass is 35.5. The van der Waals surface area contributed by atoms with Gasteiger partial charge in [0.2, 0.25) is 0 Å². The molecule has 0 saturated carbocycles. The van der Waals surface area contributed by atoms with Crippen LogP contribution in [0.4, 0.5) is 0 Å². The standard InChI is InChI=1S/C15H15Cl2NO/c1-18-9-11-2-4-12(5-3-11)10-19-13-6-7-14(16)15(17)8-13/h2-8,18H,9-10H2,1H3. The van der Waals surface area contributed by atoms with E-state index < -0.39 is 0 Å². The lowest BCUT2D eigenvalue weighted by Crippen LogP contribution is -2.05. The first-order valence-corrected chi connectivity index (χ1v) is 6.75. The molecule has 0 unspecified atom stereocenters. The van der Waals surface area contributed by atoms with Gasteiger partial charge in [0.25, 0.3) is 0 Å². The largest absolute Gasteiger partial charge is 0.489 e. The third-order valence-electron chi connectivity index (χ3n) is 2.70. The van der Waals surface area contributed by atoms with Gasteiger partial charge < -0.3 is 10.1 Å². The Kier molecular flexibility index (Phi) is 5.08. The van der Waals surface area contributed by atoms with E-state index in [9.17, 15) is 0 Å². The number of hydrogen-bond donors (Lipinski definition) is 1. The third kappa shape index (κ3) is 4.13. The van der Waals surface area contributed by atoms with Crippen LogP contribution in [0.25, 0.3) is 0 Å². The van der Waals surface area contributed by atoms with Gasteiger partial charge in [-0.05, 0) is 30.3 Å². The van der Waals surface area contributed by atoms with Gasteiger partial charge >= 0.3 is 0 Å². The summed E-state index contributed by atoms with van der Waals surface area (Å²) in [6, 6.07) is 13.6. The molecule has 0 aromatic heterocycles. The van der Waals surface area contributed by atoms with E-state index in [2.05, 4.69) is 29.6 Å². The number of halogens is 2. The molecule has 2 aromatic carbocycles. The molecule has 0 aliphatic rings. The van der Waals surface area contributed by atoms with E-state index in [4.69, 9.17) is 27.9 Å². The van der Waals surface area contributed by atoms with Crippen molar-refractivity contribution >= 4 is 23.2 Å². The number of benzene rings is 2. The molecule has 0 atom stereocenters. The van der Waals surface area contributed by atoms with Crippen LogP contribution in [0.1, 0.15) is 11.1 Å². The van der Waals surface area contributed by atoms with Gasteiger partial charge in [-0.25, -0.2) is 0 Å². The van der Waals surface area contributed by atoms with Crippen LogP contribution in [0.2, 0.25) is 10.0 Å². The first-order chi connectivity index (χ1) is 9.19. The van der Waals surface area contributed by atoms with Crippen LogP contribution >= 0.6 is 23.2 Å². The van der Waals surface area contributed by atoms with E-state index in [-0.39, 0.29) is 0 Å². The minimum absolute atomic E-state index is 0.503. The molecule has 0 spiro atoms. The molecule has 2 nitrogen and oxygen atoms in total. The van der Waals surface area contributed by atoms with Gasteiger partial charge in [0.1, 0.15) is 12.4 Å². The van der Waals surface area contributed by atoms with Crippen molar-refractivity contribution in [1.82, 2.24) is 5.32 Å². The first kappa shape index (κ1) is 14.2. The summed E-state index contributed by atoms with van der Waals surface area (Å²) in [5.41, 5.74) is 2.37.